The molecule has 0 aromatic heterocycles. The van der Waals surface area contributed by atoms with E-state index in [1.807, 2.05) is 19.1 Å². The molecule has 1 N–H and O–H groups in total. The highest BCUT2D eigenvalue weighted by molar-refractivity contribution is 7.89. The summed E-state index contributed by atoms with van der Waals surface area (Å²) in [5, 5.41) is 2.68. The van der Waals surface area contributed by atoms with Crippen molar-refractivity contribution in [2.24, 2.45) is 0 Å². The Morgan fingerprint density at radius 1 is 1.09 bits per heavy atom. The molecule has 2 aromatic rings. The summed E-state index contributed by atoms with van der Waals surface area (Å²) in [7, 11) is -2.30. The van der Waals surface area contributed by atoms with Gasteiger partial charge in [-0.25, -0.2) is 8.42 Å². The number of nitrogens with zero attached hydrogens (tertiary/aromatic N) is 1. The van der Waals surface area contributed by atoms with Crippen molar-refractivity contribution in [2.75, 3.05) is 18.9 Å². The summed E-state index contributed by atoms with van der Waals surface area (Å²) in [5.74, 6) is -0.382. The average Bonchev–Trinajstić information content (AvgIpc) is 2.50. The third kappa shape index (κ3) is 4.18. The van der Waals surface area contributed by atoms with Crippen molar-refractivity contribution in [2.45, 2.75) is 18.7 Å². The van der Waals surface area contributed by atoms with Crippen LogP contribution in [-0.2, 0) is 14.8 Å². The quantitative estimate of drug-likeness (QED) is 0.915. The molecule has 0 unspecified atom stereocenters. The van der Waals surface area contributed by atoms with Gasteiger partial charge in [-0.1, -0.05) is 30.3 Å². The molecule has 0 radical (unpaired) electrons. The van der Waals surface area contributed by atoms with Crippen LogP contribution in [-0.4, -0.2) is 32.2 Å². The first kappa shape index (κ1) is 17.2. The Morgan fingerprint density at radius 2 is 1.74 bits per heavy atom. The second kappa shape index (κ2) is 6.93. The number of sulfonamides is 1. The molecule has 2 rings (SSSR count). The first-order valence-corrected chi connectivity index (χ1v) is 8.63. The van der Waals surface area contributed by atoms with E-state index in [4.69, 9.17) is 0 Å². The second-order valence-electron chi connectivity index (χ2n) is 5.44. The molecule has 0 atom stereocenters. The highest BCUT2D eigenvalue weighted by Gasteiger charge is 2.24. The van der Waals surface area contributed by atoms with E-state index in [9.17, 15) is 13.2 Å². The third-order valence-corrected chi connectivity index (χ3v) is 5.40. The number of rotatable bonds is 5. The molecule has 6 heteroatoms. The fourth-order valence-electron chi connectivity index (χ4n) is 2.16. The van der Waals surface area contributed by atoms with E-state index in [0.29, 0.717) is 11.3 Å². The highest BCUT2D eigenvalue weighted by atomic mass is 32.2. The molecule has 1 amide bonds. The zero-order valence-electron chi connectivity index (χ0n) is 13.4. The van der Waals surface area contributed by atoms with Gasteiger partial charge in [0, 0.05) is 12.7 Å². The molecule has 0 aliphatic heterocycles. The van der Waals surface area contributed by atoms with Crippen LogP contribution in [0.5, 0.6) is 0 Å². The SMILES string of the molecule is Cc1ccc(C)c(S(=O)(=O)N(C)CC(=O)Nc2ccccc2)c1. The van der Waals surface area contributed by atoms with Crippen LogP contribution >= 0.6 is 0 Å². The molecule has 2 aromatic carbocycles. The number of likely N-dealkylation sites (N-methyl/N-ethyl adjacent to an activating group) is 1. The largest absolute Gasteiger partial charge is 0.325 e. The predicted molar refractivity (Wildman–Crippen MR) is 90.8 cm³/mol. The summed E-state index contributed by atoms with van der Waals surface area (Å²) in [6, 6.07) is 14.2. The normalized spacial score (nSPS) is 11.5. The fraction of sp³-hybridized carbons (Fsp3) is 0.235. The Morgan fingerprint density at radius 3 is 2.39 bits per heavy atom. The van der Waals surface area contributed by atoms with Crippen LogP contribution in [0.4, 0.5) is 5.69 Å². The highest BCUT2D eigenvalue weighted by Crippen LogP contribution is 2.20. The second-order valence-corrected chi connectivity index (χ2v) is 7.46. The van der Waals surface area contributed by atoms with Gasteiger partial charge in [-0.05, 0) is 43.2 Å². The number of carbonyl (C=O) groups excluding carboxylic acids is 1. The van der Waals surface area contributed by atoms with Crippen LogP contribution in [0.1, 0.15) is 11.1 Å². The van der Waals surface area contributed by atoms with Gasteiger partial charge < -0.3 is 5.32 Å². The lowest BCUT2D eigenvalue weighted by Gasteiger charge is -2.18. The van der Waals surface area contributed by atoms with Crippen LogP contribution in [0, 0.1) is 13.8 Å². The monoisotopic (exact) mass is 332 g/mol. The van der Waals surface area contributed by atoms with Crippen molar-refractivity contribution in [1.82, 2.24) is 4.31 Å². The maximum absolute atomic E-state index is 12.6. The lowest BCUT2D eigenvalue weighted by atomic mass is 10.2. The summed E-state index contributed by atoms with van der Waals surface area (Å²) in [6.45, 7) is 3.33. The number of hydrogen-bond donors (Lipinski definition) is 1. The van der Waals surface area contributed by atoms with Gasteiger partial charge in [0.05, 0.1) is 11.4 Å². The topological polar surface area (TPSA) is 66.5 Å². The van der Waals surface area contributed by atoms with Crippen molar-refractivity contribution >= 4 is 21.6 Å². The van der Waals surface area contributed by atoms with Crippen LogP contribution in [0.3, 0.4) is 0 Å². The van der Waals surface area contributed by atoms with E-state index in [1.54, 1.807) is 43.3 Å². The number of amides is 1. The van der Waals surface area contributed by atoms with Gasteiger partial charge in [0.2, 0.25) is 15.9 Å². The number of carbonyl (C=O) groups is 1. The van der Waals surface area contributed by atoms with Gasteiger partial charge in [0.15, 0.2) is 0 Å². The summed E-state index contributed by atoms with van der Waals surface area (Å²) >= 11 is 0. The standard InChI is InChI=1S/C17H20N2O3S/c1-13-9-10-14(2)16(11-13)23(21,22)19(3)12-17(20)18-15-7-5-4-6-8-15/h4-11H,12H2,1-3H3,(H,18,20). The van der Waals surface area contributed by atoms with E-state index in [1.165, 1.54) is 7.05 Å². The van der Waals surface area contributed by atoms with Gasteiger partial charge in [0.1, 0.15) is 0 Å². The van der Waals surface area contributed by atoms with Crippen molar-refractivity contribution in [3.8, 4) is 0 Å². The Labute approximate surface area is 137 Å². The van der Waals surface area contributed by atoms with Crippen LogP contribution in [0.25, 0.3) is 0 Å². The molecule has 0 aliphatic rings. The zero-order chi connectivity index (χ0) is 17.0. The van der Waals surface area contributed by atoms with Crippen molar-refractivity contribution in [1.29, 1.82) is 0 Å². The molecule has 0 saturated carbocycles. The molecule has 0 spiro atoms. The molecule has 0 fully saturated rings. The van der Waals surface area contributed by atoms with Crippen LogP contribution in [0.15, 0.2) is 53.4 Å². The third-order valence-electron chi connectivity index (χ3n) is 3.46. The van der Waals surface area contributed by atoms with E-state index in [-0.39, 0.29) is 17.3 Å². The number of nitrogens with one attached hydrogen (secondary N) is 1. The van der Waals surface area contributed by atoms with E-state index in [2.05, 4.69) is 5.32 Å². The molecule has 0 saturated heterocycles. The van der Waals surface area contributed by atoms with E-state index < -0.39 is 10.0 Å². The molecule has 5 nitrogen and oxygen atoms in total. The average molecular weight is 332 g/mol. The molecular formula is C17H20N2O3S. The van der Waals surface area contributed by atoms with Gasteiger partial charge in [-0.2, -0.15) is 4.31 Å². The number of para-hydroxylation sites is 1. The summed E-state index contributed by atoms with van der Waals surface area (Å²) < 4.78 is 26.3. The van der Waals surface area contributed by atoms with Gasteiger partial charge in [0.25, 0.3) is 0 Å². The van der Waals surface area contributed by atoms with Crippen LogP contribution < -0.4 is 5.32 Å². The molecular weight excluding hydrogens is 312 g/mol. The maximum Gasteiger partial charge on any atom is 0.243 e. The first-order valence-electron chi connectivity index (χ1n) is 7.19. The maximum atomic E-state index is 12.6. The van der Waals surface area contributed by atoms with Gasteiger partial charge in [-0.3, -0.25) is 4.79 Å². The Kier molecular flexibility index (Phi) is 5.18. The predicted octanol–water partition coefficient (Wildman–Crippen LogP) is 2.56. The summed E-state index contributed by atoms with van der Waals surface area (Å²) in [4.78, 5) is 12.3. The number of aryl methyl sites for hydroxylation is 2. The van der Waals surface area contributed by atoms with Gasteiger partial charge in [-0.15, -0.1) is 0 Å². The molecule has 122 valence electrons. The number of anilines is 1. The summed E-state index contributed by atoms with van der Waals surface area (Å²) in [5.41, 5.74) is 2.15. The Balaban J connectivity index is 2.14. The minimum atomic E-state index is -3.71. The number of benzene rings is 2. The summed E-state index contributed by atoms with van der Waals surface area (Å²) in [6.07, 6.45) is 0. The lowest BCUT2D eigenvalue weighted by molar-refractivity contribution is -0.116. The molecule has 0 bridgehead atoms. The minimum absolute atomic E-state index is 0.229. The first-order chi connectivity index (χ1) is 10.8. The zero-order valence-corrected chi connectivity index (χ0v) is 14.2. The lowest BCUT2D eigenvalue weighted by Crippen LogP contribution is -2.35. The van der Waals surface area contributed by atoms with E-state index >= 15 is 0 Å². The molecule has 23 heavy (non-hydrogen) atoms. The Hall–Kier alpha value is -2.18. The number of hydrogen-bond acceptors (Lipinski definition) is 3. The smallest absolute Gasteiger partial charge is 0.243 e. The van der Waals surface area contributed by atoms with Crippen molar-refractivity contribution in [3.05, 3.63) is 59.7 Å². The molecule has 0 heterocycles. The van der Waals surface area contributed by atoms with Gasteiger partial charge >= 0.3 is 0 Å². The molecule has 0 aliphatic carbocycles. The Bertz CT molecular complexity index is 802. The van der Waals surface area contributed by atoms with Crippen LogP contribution in [0.2, 0.25) is 0 Å². The fourth-order valence-corrected chi connectivity index (χ4v) is 3.60. The van der Waals surface area contributed by atoms with Crippen molar-refractivity contribution < 1.29 is 13.2 Å². The minimum Gasteiger partial charge on any atom is -0.325 e. The van der Waals surface area contributed by atoms with E-state index in [0.717, 1.165) is 9.87 Å². The van der Waals surface area contributed by atoms with Crippen molar-refractivity contribution in [3.63, 3.8) is 0 Å².